The first-order valence-electron chi connectivity index (χ1n) is 5.45. The molecule has 0 amide bonds. The summed E-state index contributed by atoms with van der Waals surface area (Å²) in [5.41, 5.74) is 0. The van der Waals surface area contributed by atoms with Crippen molar-refractivity contribution in [1.29, 1.82) is 0 Å². The van der Waals surface area contributed by atoms with Crippen molar-refractivity contribution in [2.45, 2.75) is 37.9 Å². The SMILES string of the molecule is Brc1ccc2c(c1)OC1(CCCCC1)O2. The summed E-state index contributed by atoms with van der Waals surface area (Å²) in [5.74, 6) is 1.42. The van der Waals surface area contributed by atoms with Crippen molar-refractivity contribution in [2.24, 2.45) is 0 Å². The van der Waals surface area contributed by atoms with Gasteiger partial charge >= 0.3 is 0 Å². The molecule has 15 heavy (non-hydrogen) atoms. The molecule has 0 atom stereocenters. The molecule has 1 aromatic carbocycles. The molecule has 3 rings (SSSR count). The summed E-state index contributed by atoms with van der Waals surface area (Å²) in [6.07, 6.45) is 5.73. The summed E-state index contributed by atoms with van der Waals surface area (Å²) in [7, 11) is 0. The van der Waals surface area contributed by atoms with E-state index in [4.69, 9.17) is 9.47 Å². The van der Waals surface area contributed by atoms with Gasteiger partial charge in [0.15, 0.2) is 11.5 Å². The summed E-state index contributed by atoms with van der Waals surface area (Å²) in [4.78, 5) is 0. The lowest BCUT2D eigenvalue weighted by atomic mass is 9.94. The lowest BCUT2D eigenvalue weighted by Gasteiger charge is -2.31. The van der Waals surface area contributed by atoms with Crippen molar-refractivity contribution in [1.82, 2.24) is 0 Å². The van der Waals surface area contributed by atoms with Crippen molar-refractivity contribution in [3.05, 3.63) is 22.7 Å². The largest absolute Gasteiger partial charge is 0.448 e. The Morgan fingerprint density at radius 2 is 1.73 bits per heavy atom. The maximum absolute atomic E-state index is 5.96. The van der Waals surface area contributed by atoms with Gasteiger partial charge in [-0.1, -0.05) is 22.4 Å². The normalized spacial score (nSPS) is 21.9. The van der Waals surface area contributed by atoms with E-state index in [-0.39, 0.29) is 5.79 Å². The second kappa shape index (κ2) is 3.41. The van der Waals surface area contributed by atoms with Crippen LogP contribution in [0.1, 0.15) is 32.1 Å². The molecule has 80 valence electrons. The van der Waals surface area contributed by atoms with E-state index in [1.54, 1.807) is 0 Å². The molecule has 1 fully saturated rings. The Morgan fingerprint density at radius 3 is 2.53 bits per heavy atom. The second-order valence-electron chi connectivity index (χ2n) is 4.27. The molecule has 1 saturated carbocycles. The van der Waals surface area contributed by atoms with Gasteiger partial charge in [0, 0.05) is 17.3 Å². The van der Waals surface area contributed by atoms with Crippen molar-refractivity contribution in [3.63, 3.8) is 0 Å². The van der Waals surface area contributed by atoms with E-state index in [1.807, 2.05) is 18.2 Å². The van der Waals surface area contributed by atoms with Gasteiger partial charge in [-0.05, 0) is 31.0 Å². The molecule has 1 aromatic rings. The third-order valence-corrected chi connectivity index (χ3v) is 3.61. The first-order valence-corrected chi connectivity index (χ1v) is 6.24. The fourth-order valence-electron chi connectivity index (χ4n) is 2.36. The van der Waals surface area contributed by atoms with Crippen LogP contribution in [0.3, 0.4) is 0 Å². The van der Waals surface area contributed by atoms with Gasteiger partial charge in [0.25, 0.3) is 5.79 Å². The maximum Gasteiger partial charge on any atom is 0.251 e. The van der Waals surface area contributed by atoms with E-state index < -0.39 is 0 Å². The molecule has 0 unspecified atom stereocenters. The predicted molar refractivity (Wildman–Crippen MR) is 61.2 cm³/mol. The summed E-state index contributed by atoms with van der Waals surface area (Å²) in [6.45, 7) is 0. The van der Waals surface area contributed by atoms with Gasteiger partial charge in [-0.2, -0.15) is 0 Å². The van der Waals surface area contributed by atoms with Crippen LogP contribution in [-0.2, 0) is 0 Å². The zero-order chi connectivity index (χ0) is 10.3. The monoisotopic (exact) mass is 268 g/mol. The van der Waals surface area contributed by atoms with Gasteiger partial charge in [-0.15, -0.1) is 0 Å². The number of halogens is 1. The van der Waals surface area contributed by atoms with Crippen LogP contribution in [0.25, 0.3) is 0 Å². The van der Waals surface area contributed by atoms with Crippen molar-refractivity contribution < 1.29 is 9.47 Å². The highest BCUT2D eigenvalue weighted by Gasteiger charge is 2.42. The molecule has 2 aliphatic rings. The van der Waals surface area contributed by atoms with Gasteiger partial charge in [0.05, 0.1) is 0 Å². The fraction of sp³-hybridized carbons (Fsp3) is 0.500. The summed E-state index contributed by atoms with van der Waals surface area (Å²) < 4.78 is 13.0. The second-order valence-corrected chi connectivity index (χ2v) is 5.18. The van der Waals surface area contributed by atoms with Gasteiger partial charge in [0.2, 0.25) is 0 Å². The quantitative estimate of drug-likeness (QED) is 0.711. The summed E-state index contributed by atoms with van der Waals surface area (Å²) in [5, 5.41) is 0. The van der Waals surface area contributed by atoms with Gasteiger partial charge in [-0.25, -0.2) is 0 Å². The summed E-state index contributed by atoms with van der Waals surface area (Å²) in [6, 6.07) is 5.95. The van der Waals surface area contributed by atoms with E-state index >= 15 is 0 Å². The van der Waals surface area contributed by atoms with Crippen LogP contribution in [0.15, 0.2) is 22.7 Å². The lowest BCUT2D eigenvalue weighted by Crippen LogP contribution is -2.40. The molecule has 2 nitrogen and oxygen atoms in total. The number of ether oxygens (including phenoxy) is 2. The molecule has 1 aliphatic carbocycles. The third-order valence-electron chi connectivity index (χ3n) is 3.11. The lowest BCUT2D eigenvalue weighted by molar-refractivity contribution is -0.105. The fourth-order valence-corrected chi connectivity index (χ4v) is 2.70. The molecule has 1 heterocycles. The number of fused-ring (bicyclic) bond motifs is 1. The van der Waals surface area contributed by atoms with Gasteiger partial charge in [0.1, 0.15) is 0 Å². The minimum absolute atomic E-state index is 0.346. The Labute approximate surface area is 97.7 Å². The molecule has 3 heteroatoms. The average Bonchev–Trinajstić information content (AvgIpc) is 2.56. The standard InChI is InChI=1S/C12H13BrO2/c13-9-4-5-10-11(8-9)15-12(14-10)6-2-1-3-7-12/h4-5,8H,1-3,6-7H2. The molecule has 1 aliphatic heterocycles. The van der Waals surface area contributed by atoms with Crippen LogP contribution in [0.2, 0.25) is 0 Å². The van der Waals surface area contributed by atoms with Gasteiger partial charge in [-0.3, -0.25) is 0 Å². The first kappa shape index (κ1) is 9.52. The van der Waals surface area contributed by atoms with Crippen LogP contribution in [-0.4, -0.2) is 5.79 Å². The Bertz CT molecular complexity index is 383. The highest BCUT2D eigenvalue weighted by Crippen LogP contribution is 2.46. The molecular weight excluding hydrogens is 256 g/mol. The van der Waals surface area contributed by atoms with E-state index in [0.29, 0.717) is 0 Å². The maximum atomic E-state index is 5.96. The Kier molecular flexibility index (Phi) is 2.16. The molecule has 0 bridgehead atoms. The molecule has 0 N–H and O–H groups in total. The number of hydrogen-bond donors (Lipinski definition) is 0. The van der Waals surface area contributed by atoms with E-state index in [0.717, 1.165) is 28.8 Å². The molecule has 0 radical (unpaired) electrons. The Morgan fingerprint density at radius 1 is 1.00 bits per heavy atom. The first-order chi connectivity index (χ1) is 7.27. The van der Waals surface area contributed by atoms with Gasteiger partial charge < -0.3 is 9.47 Å². The van der Waals surface area contributed by atoms with E-state index in [2.05, 4.69) is 15.9 Å². The van der Waals surface area contributed by atoms with Crippen molar-refractivity contribution in [3.8, 4) is 11.5 Å². The zero-order valence-corrected chi connectivity index (χ0v) is 10.0. The highest BCUT2D eigenvalue weighted by molar-refractivity contribution is 9.10. The average molecular weight is 269 g/mol. The van der Waals surface area contributed by atoms with E-state index in [1.165, 1.54) is 19.3 Å². The van der Waals surface area contributed by atoms with Crippen LogP contribution in [0, 0.1) is 0 Å². The van der Waals surface area contributed by atoms with Crippen molar-refractivity contribution >= 4 is 15.9 Å². The molecule has 1 spiro atoms. The predicted octanol–water partition coefficient (Wildman–Crippen LogP) is 3.88. The minimum atomic E-state index is -0.346. The summed E-state index contributed by atoms with van der Waals surface area (Å²) >= 11 is 3.44. The number of hydrogen-bond acceptors (Lipinski definition) is 2. The third kappa shape index (κ3) is 1.63. The Hall–Kier alpha value is -0.700. The molecule has 0 aromatic heterocycles. The Balaban J connectivity index is 1.90. The number of benzene rings is 1. The topological polar surface area (TPSA) is 18.5 Å². The van der Waals surface area contributed by atoms with Crippen molar-refractivity contribution in [2.75, 3.05) is 0 Å². The number of rotatable bonds is 0. The molecular formula is C12H13BrO2. The molecule has 0 saturated heterocycles. The minimum Gasteiger partial charge on any atom is -0.448 e. The van der Waals surface area contributed by atoms with Crippen LogP contribution < -0.4 is 9.47 Å². The van der Waals surface area contributed by atoms with Crippen LogP contribution >= 0.6 is 15.9 Å². The van der Waals surface area contributed by atoms with E-state index in [9.17, 15) is 0 Å². The van der Waals surface area contributed by atoms with Crippen LogP contribution in [0.5, 0.6) is 11.5 Å². The highest BCUT2D eigenvalue weighted by atomic mass is 79.9. The zero-order valence-electron chi connectivity index (χ0n) is 8.46. The smallest absolute Gasteiger partial charge is 0.251 e. The van der Waals surface area contributed by atoms with Crippen LogP contribution in [0.4, 0.5) is 0 Å².